The number of carbonyl (C=O) groups excluding carboxylic acids is 2. The minimum atomic E-state index is -0.261. The van der Waals surface area contributed by atoms with Crippen molar-refractivity contribution in [3.63, 3.8) is 0 Å². The molecule has 0 aromatic carbocycles. The third-order valence-electron chi connectivity index (χ3n) is 3.88. The van der Waals surface area contributed by atoms with Crippen LogP contribution in [0.3, 0.4) is 0 Å². The molecular weight excluding hydrogens is 286 g/mol. The molecule has 116 valence electrons. The van der Waals surface area contributed by atoms with Gasteiger partial charge in [-0.25, -0.2) is 0 Å². The first kappa shape index (κ1) is 16.0. The van der Waals surface area contributed by atoms with Crippen molar-refractivity contribution >= 4 is 23.2 Å². The standard InChI is InChI=1S/C15H23N3O2S/c16-14(19)6-10-18-8-4-12(5-9-18)15(20)17-7-3-13-2-1-11-21-13/h1-2,11-12H,3-10H2,(H2,16,19)(H,17,20). The van der Waals surface area contributed by atoms with E-state index in [1.807, 2.05) is 6.07 Å². The summed E-state index contributed by atoms with van der Waals surface area (Å²) in [6.45, 7) is 3.16. The van der Waals surface area contributed by atoms with Gasteiger partial charge in [0.2, 0.25) is 11.8 Å². The number of thiophene rings is 1. The Bertz CT molecular complexity index is 453. The molecule has 0 unspecified atom stereocenters. The van der Waals surface area contributed by atoms with Crippen LogP contribution in [0.4, 0.5) is 0 Å². The van der Waals surface area contributed by atoms with E-state index < -0.39 is 0 Å². The second-order valence-electron chi connectivity index (χ2n) is 5.45. The summed E-state index contributed by atoms with van der Waals surface area (Å²) in [6.07, 6.45) is 3.03. The van der Waals surface area contributed by atoms with E-state index in [-0.39, 0.29) is 17.7 Å². The van der Waals surface area contributed by atoms with E-state index in [9.17, 15) is 9.59 Å². The Kier molecular flexibility index (Phi) is 6.20. The van der Waals surface area contributed by atoms with Crippen molar-refractivity contribution in [2.45, 2.75) is 25.7 Å². The summed E-state index contributed by atoms with van der Waals surface area (Å²) >= 11 is 1.72. The number of rotatable bonds is 7. The summed E-state index contributed by atoms with van der Waals surface area (Å²) in [4.78, 5) is 26.4. The molecule has 1 fully saturated rings. The predicted octanol–water partition coefficient (Wildman–Crippen LogP) is 0.994. The molecule has 21 heavy (non-hydrogen) atoms. The molecule has 2 heterocycles. The van der Waals surface area contributed by atoms with E-state index in [1.165, 1.54) is 4.88 Å². The minimum Gasteiger partial charge on any atom is -0.370 e. The molecule has 2 amide bonds. The van der Waals surface area contributed by atoms with Crippen LogP contribution < -0.4 is 11.1 Å². The van der Waals surface area contributed by atoms with Gasteiger partial charge in [-0.05, 0) is 43.8 Å². The lowest BCUT2D eigenvalue weighted by molar-refractivity contribution is -0.126. The van der Waals surface area contributed by atoms with E-state index in [2.05, 4.69) is 21.7 Å². The summed E-state index contributed by atoms with van der Waals surface area (Å²) in [7, 11) is 0. The highest BCUT2D eigenvalue weighted by Crippen LogP contribution is 2.17. The molecule has 1 aromatic rings. The fraction of sp³-hybridized carbons (Fsp3) is 0.600. The smallest absolute Gasteiger partial charge is 0.223 e. The van der Waals surface area contributed by atoms with Crippen LogP contribution in [0.25, 0.3) is 0 Å². The number of nitrogens with zero attached hydrogens (tertiary/aromatic N) is 1. The van der Waals surface area contributed by atoms with E-state index in [0.29, 0.717) is 19.5 Å². The first-order valence-electron chi connectivity index (χ1n) is 7.46. The van der Waals surface area contributed by atoms with Gasteiger partial charge in [0.05, 0.1) is 0 Å². The highest BCUT2D eigenvalue weighted by molar-refractivity contribution is 7.09. The number of likely N-dealkylation sites (tertiary alicyclic amines) is 1. The van der Waals surface area contributed by atoms with Crippen molar-refractivity contribution in [2.24, 2.45) is 11.7 Å². The highest BCUT2D eigenvalue weighted by atomic mass is 32.1. The molecule has 1 aromatic heterocycles. The maximum absolute atomic E-state index is 12.1. The van der Waals surface area contributed by atoms with E-state index in [4.69, 9.17) is 5.73 Å². The fourth-order valence-electron chi connectivity index (χ4n) is 2.60. The molecule has 2 rings (SSSR count). The van der Waals surface area contributed by atoms with Crippen LogP contribution in [0.5, 0.6) is 0 Å². The predicted molar refractivity (Wildman–Crippen MR) is 84.0 cm³/mol. The van der Waals surface area contributed by atoms with Crippen LogP contribution in [-0.4, -0.2) is 42.9 Å². The van der Waals surface area contributed by atoms with Crippen LogP contribution in [-0.2, 0) is 16.0 Å². The van der Waals surface area contributed by atoms with Crippen molar-refractivity contribution < 1.29 is 9.59 Å². The Balaban J connectivity index is 1.62. The Labute approximate surface area is 129 Å². The molecule has 1 saturated heterocycles. The van der Waals surface area contributed by atoms with Gasteiger partial charge in [0.1, 0.15) is 0 Å². The first-order chi connectivity index (χ1) is 10.1. The third-order valence-corrected chi connectivity index (χ3v) is 4.82. The number of nitrogens with two attached hydrogens (primary N) is 1. The molecule has 0 atom stereocenters. The van der Waals surface area contributed by atoms with Gasteiger partial charge >= 0.3 is 0 Å². The molecule has 5 nitrogen and oxygen atoms in total. The van der Waals surface area contributed by atoms with Gasteiger partial charge in [-0.2, -0.15) is 0 Å². The molecule has 6 heteroatoms. The summed E-state index contributed by atoms with van der Waals surface area (Å²) in [5.41, 5.74) is 5.15. The van der Waals surface area contributed by atoms with Crippen LogP contribution in [0.15, 0.2) is 17.5 Å². The molecule has 0 saturated carbocycles. The van der Waals surface area contributed by atoms with Crippen molar-refractivity contribution in [1.29, 1.82) is 0 Å². The highest BCUT2D eigenvalue weighted by Gasteiger charge is 2.24. The molecule has 0 aliphatic carbocycles. The Morgan fingerprint density at radius 3 is 2.76 bits per heavy atom. The molecule has 3 N–H and O–H groups in total. The van der Waals surface area contributed by atoms with Gasteiger partial charge in [0, 0.05) is 30.3 Å². The second-order valence-corrected chi connectivity index (χ2v) is 6.48. The lowest BCUT2D eigenvalue weighted by Gasteiger charge is -2.30. The minimum absolute atomic E-state index is 0.109. The summed E-state index contributed by atoms with van der Waals surface area (Å²) in [6, 6.07) is 4.12. The van der Waals surface area contributed by atoms with Gasteiger partial charge in [-0.15, -0.1) is 11.3 Å². The number of amides is 2. The molecule has 1 aliphatic heterocycles. The lowest BCUT2D eigenvalue weighted by atomic mass is 9.96. The van der Waals surface area contributed by atoms with E-state index in [0.717, 1.165) is 32.4 Å². The fourth-order valence-corrected chi connectivity index (χ4v) is 3.30. The molecule has 1 aliphatic rings. The van der Waals surface area contributed by atoms with Gasteiger partial charge < -0.3 is 16.0 Å². The molecule has 0 radical (unpaired) electrons. The Morgan fingerprint density at radius 1 is 1.38 bits per heavy atom. The number of primary amides is 1. The SMILES string of the molecule is NC(=O)CCN1CCC(C(=O)NCCc2cccs2)CC1. The number of piperidine rings is 1. The quantitative estimate of drug-likeness (QED) is 0.789. The van der Waals surface area contributed by atoms with Crippen molar-refractivity contribution in [3.8, 4) is 0 Å². The van der Waals surface area contributed by atoms with Crippen molar-refractivity contribution in [3.05, 3.63) is 22.4 Å². The maximum atomic E-state index is 12.1. The van der Waals surface area contributed by atoms with Crippen molar-refractivity contribution in [1.82, 2.24) is 10.2 Å². The zero-order valence-electron chi connectivity index (χ0n) is 12.2. The van der Waals surface area contributed by atoms with Crippen LogP contribution in [0.1, 0.15) is 24.1 Å². The van der Waals surface area contributed by atoms with Crippen molar-refractivity contribution in [2.75, 3.05) is 26.2 Å². The second kappa shape index (κ2) is 8.14. The number of carbonyl (C=O) groups is 2. The molecule has 0 bridgehead atoms. The average Bonchev–Trinajstić information content (AvgIpc) is 2.99. The summed E-state index contributed by atoms with van der Waals surface area (Å²) in [5, 5.41) is 5.09. The van der Waals surface area contributed by atoms with E-state index in [1.54, 1.807) is 11.3 Å². The van der Waals surface area contributed by atoms with Crippen LogP contribution >= 0.6 is 11.3 Å². The van der Waals surface area contributed by atoms with Gasteiger partial charge in [-0.1, -0.05) is 6.07 Å². The zero-order valence-corrected chi connectivity index (χ0v) is 13.0. The number of hydrogen-bond donors (Lipinski definition) is 2. The normalized spacial score (nSPS) is 16.8. The van der Waals surface area contributed by atoms with Crippen LogP contribution in [0, 0.1) is 5.92 Å². The van der Waals surface area contributed by atoms with Gasteiger partial charge in [-0.3, -0.25) is 9.59 Å². The number of nitrogens with one attached hydrogen (secondary N) is 1. The third kappa shape index (κ3) is 5.47. The Morgan fingerprint density at radius 2 is 2.14 bits per heavy atom. The monoisotopic (exact) mass is 309 g/mol. The first-order valence-corrected chi connectivity index (χ1v) is 8.34. The van der Waals surface area contributed by atoms with E-state index >= 15 is 0 Å². The van der Waals surface area contributed by atoms with Crippen LogP contribution in [0.2, 0.25) is 0 Å². The Hall–Kier alpha value is -1.40. The summed E-state index contributed by atoms with van der Waals surface area (Å²) in [5.74, 6) is 0.0164. The average molecular weight is 309 g/mol. The maximum Gasteiger partial charge on any atom is 0.223 e. The molecular formula is C15H23N3O2S. The zero-order chi connectivity index (χ0) is 15.1. The van der Waals surface area contributed by atoms with Gasteiger partial charge in [0.15, 0.2) is 0 Å². The topological polar surface area (TPSA) is 75.4 Å². The van der Waals surface area contributed by atoms with Gasteiger partial charge in [0.25, 0.3) is 0 Å². The summed E-state index contributed by atoms with van der Waals surface area (Å²) < 4.78 is 0. The number of hydrogen-bond acceptors (Lipinski definition) is 4. The largest absolute Gasteiger partial charge is 0.370 e. The lowest BCUT2D eigenvalue weighted by Crippen LogP contribution is -2.41. The molecule has 0 spiro atoms.